The molecule has 152 valence electrons. The monoisotopic (exact) mass is 387 g/mol. The highest BCUT2D eigenvalue weighted by molar-refractivity contribution is 5.78. The Balaban J connectivity index is 1.61. The van der Waals surface area contributed by atoms with Crippen LogP contribution in [0.4, 0.5) is 0 Å². The van der Waals surface area contributed by atoms with Crippen molar-refractivity contribution in [2.24, 2.45) is 5.92 Å². The minimum atomic E-state index is -0.197. The van der Waals surface area contributed by atoms with Crippen LogP contribution in [0.25, 0.3) is 5.65 Å². The summed E-state index contributed by atoms with van der Waals surface area (Å²) in [5.41, 5.74) is 3.95. The maximum atomic E-state index is 12.4. The molecule has 4 rings (SSSR count). The van der Waals surface area contributed by atoms with E-state index in [1.165, 1.54) is 0 Å². The molecule has 0 radical (unpaired) electrons. The minimum Gasteiger partial charge on any atom is -0.379 e. The summed E-state index contributed by atoms with van der Waals surface area (Å²) in [4.78, 5) is 21.3. The summed E-state index contributed by atoms with van der Waals surface area (Å²) in [6.07, 6.45) is 1.62. The van der Waals surface area contributed by atoms with Crippen LogP contribution in [0.3, 0.4) is 0 Å². The molecule has 4 heterocycles. The van der Waals surface area contributed by atoms with Gasteiger partial charge in [-0.2, -0.15) is 5.10 Å². The Morgan fingerprint density at radius 2 is 2.04 bits per heavy atom. The molecule has 8 nitrogen and oxygen atoms in total. The number of ether oxygens (including phenoxy) is 2. The summed E-state index contributed by atoms with van der Waals surface area (Å²) in [5, 5.41) is 4.77. The highest BCUT2D eigenvalue weighted by Crippen LogP contribution is 2.26. The molecule has 0 N–H and O–H groups in total. The molecule has 0 aromatic carbocycles. The summed E-state index contributed by atoms with van der Waals surface area (Å²) in [5.74, 6) is 0.159. The largest absolute Gasteiger partial charge is 0.379 e. The van der Waals surface area contributed by atoms with Crippen LogP contribution in [0, 0.1) is 12.8 Å². The lowest BCUT2D eigenvalue weighted by molar-refractivity contribution is -0.142. The summed E-state index contributed by atoms with van der Waals surface area (Å²) in [6, 6.07) is 1.95. The van der Waals surface area contributed by atoms with Gasteiger partial charge in [0.25, 0.3) is 0 Å². The van der Waals surface area contributed by atoms with Crippen LogP contribution in [0.2, 0.25) is 0 Å². The molecule has 0 saturated carbocycles. The first-order valence-electron chi connectivity index (χ1n) is 10.1. The third kappa shape index (κ3) is 3.76. The van der Waals surface area contributed by atoms with E-state index in [1.807, 2.05) is 42.4 Å². The first-order chi connectivity index (χ1) is 13.5. The Labute approximate surface area is 165 Å². The molecule has 8 heteroatoms. The maximum absolute atomic E-state index is 12.4. The Hall–Kier alpha value is -2.03. The summed E-state index contributed by atoms with van der Waals surface area (Å²) in [7, 11) is 0. The molecule has 1 amide bonds. The fourth-order valence-electron chi connectivity index (χ4n) is 3.92. The molecule has 2 fully saturated rings. The number of carbonyl (C=O) groups excluding carboxylic acids is 1. The number of amides is 1. The zero-order valence-electron chi connectivity index (χ0n) is 16.9. The van der Waals surface area contributed by atoms with Gasteiger partial charge < -0.3 is 14.4 Å². The number of morpholine rings is 2. The van der Waals surface area contributed by atoms with Gasteiger partial charge in [0.15, 0.2) is 5.65 Å². The van der Waals surface area contributed by atoms with Gasteiger partial charge in [-0.3, -0.25) is 9.69 Å². The normalized spacial score (nSPS) is 21.6. The standard InChI is InChI=1S/C20H29N5O3/c1-14(2)20(26)24-8-11-28-18(13-24)17-4-5-21-19-16(15(3)22-25(17)19)12-23-6-9-27-10-7-23/h4-5,14,18H,6-13H2,1-3H3/t18-/m0/s1. The van der Waals surface area contributed by atoms with Crippen molar-refractivity contribution in [3.8, 4) is 0 Å². The van der Waals surface area contributed by atoms with Crippen molar-refractivity contribution >= 4 is 11.6 Å². The van der Waals surface area contributed by atoms with E-state index in [0.717, 1.165) is 55.4 Å². The van der Waals surface area contributed by atoms with Crippen LogP contribution in [0.5, 0.6) is 0 Å². The number of carbonyl (C=O) groups is 1. The second-order valence-corrected chi connectivity index (χ2v) is 7.86. The maximum Gasteiger partial charge on any atom is 0.225 e. The zero-order chi connectivity index (χ0) is 19.7. The van der Waals surface area contributed by atoms with Crippen molar-refractivity contribution in [3.05, 3.63) is 29.2 Å². The highest BCUT2D eigenvalue weighted by atomic mass is 16.5. The van der Waals surface area contributed by atoms with Crippen LogP contribution in [0.15, 0.2) is 12.3 Å². The van der Waals surface area contributed by atoms with E-state index < -0.39 is 0 Å². The lowest BCUT2D eigenvalue weighted by atomic mass is 10.1. The first-order valence-corrected chi connectivity index (χ1v) is 10.1. The Kier molecular flexibility index (Phi) is 5.61. The van der Waals surface area contributed by atoms with Gasteiger partial charge in [-0.05, 0) is 13.0 Å². The smallest absolute Gasteiger partial charge is 0.225 e. The van der Waals surface area contributed by atoms with Crippen LogP contribution in [0.1, 0.15) is 36.9 Å². The molecule has 0 spiro atoms. The Morgan fingerprint density at radius 3 is 2.79 bits per heavy atom. The fourth-order valence-corrected chi connectivity index (χ4v) is 3.92. The van der Waals surface area contributed by atoms with E-state index in [9.17, 15) is 4.79 Å². The van der Waals surface area contributed by atoms with Crippen molar-refractivity contribution in [1.82, 2.24) is 24.4 Å². The second-order valence-electron chi connectivity index (χ2n) is 7.86. The van der Waals surface area contributed by atoms with E-state index >= 15 is 0 Å². The van der Waals surface area contributed by atoms with Crippen molar-refractivity contribution in [1.29, 1.82) is 0 Å². The van der Waals surface area contributed by atoms with Crippen molar-refractivity contribution in [2.45, 2.75) is 33.4 Å². The molecule has 2 aliphatic rings. The fraction of sp³-hybridized carbons (Fsp3) is 0.650. The van der Waals surface area contributed by atoms with Gasteiger partial charge in [0.05, 0.1) is 37.8 Å². The molecular formula is C20H29N5O3. The number of hydrogen-bond donors (Lipinski definition) is 0. The van der Waals surface area contributed by atoms with Crippen LogP contribution in [-0.2, 0) is 20.8 Å². The number of aryl methyl sites for hydroxylation is 1. The highest BCUT2D eigenvalue weighted by Gasteiger charge is 2.29. The Morgan fingerprint density at radius 1 is 1.25 bits per heavy atom. The second kappa shape index (κ2) is 8.14. The Bertz CT molecular complexity index is 844. The third-order valence-corrected chi connectivity index (χ3v) is 5.53. The molecule has 2 aromatic heterocycles. The van der Waals surface area contributed by atoms with Gasteiger partial charge >= 0.3 is 0 Å². The summed E-state index contributed by atoms with van der Waals surface area (Å²) in [6.45, 7) is 11.8. The third-order valence-electron chi connectivity index (χ3n) is 5.53. The quantitative estimate of drug-likeness (QED) is 0.790. The molecule has 2 aromatic rings. The predicted molar refractivity (Wildman–Crippen MR) is 104 cm³/mol. The molecule has 0 unspecified atom stereocenters. The SMILES string of the molecule is Cc1nn2c([C@@H]3CN(C(=O)C(C)C)CCO3)ccnc2c1CN1CCOCC1. The predicted octanol–water partition coefficient (Wildman–Crippen LogP) is 1.43. The molecule has 0 bridgehead atoms. The average Bonchev–Trinajstić information content (AvgIpc) is 3.03. The van der Waals surface area contributed by atoms with Crippen LogP contribution < -0.4 is 0 Å². The van der Waals surface area contributed by atoms with Gasteiger partial charge in [0.1, 0.15) is 6.10 Å². The molecule has 1 atom stereocenters. The number of nitrogens with zero attached hydrogens (tertiary/aromatic N) is 5. The first kappa shape index (κ1) is 19.3. The van der Waals surface area contributed by atoms with Crippen LogP contribution >= 0.6 is 0 Å². The molecular weight excluding hydrogens is 358 g/mol. The topological polar surface area (TPSA) is 72.2 Å². The van der Waals surface area contributed by atoms with E-state index in [2.05, 4.69) is 9.88 Å². The lowest BCUT2D eigenvalue weighted by Gasteiger charge is -2.34. The summed E-state index contributed by atoms with van der Waals surface area (Å²) >= 11 is 0. The number of fused-ring (bicyclic) bond motifs is 1. The summed E-state index contributed by atoms with van der Waals surface area (Å²) < 4.78 is 13.4. The molecule has 2 aliphatic heterocycles. The zero-order valence-corrected chi connectivity index (χ0v) is 16.9. The van der Waals surface area contributed by atoms with Gasteiger partial charge in [0, 0.05) is 43.9 Å². The molecule has 0 aliphatic carbocycles. The number of aromatic nitrogens is 3. The minimum absolute atomic E-state index is 0.0109. The van der Waals surface area contributed by atoms with Gasteiger partial charge in [-0.25, -0.2) is 9.50 Å². The van der Waals surface area contributed by atoms with Crippen molar-refractivity contribution in [2.75, 3.05) is 46.0 Å². The van der Waals surface area contributed by atoms with E-state index in [1.54, 1.807) is 0 Å². The molecule has 2 saturated heterocycles. The van der Waals surface area contributed by atoms with Gasteiger partial charge in [0.2, 0.25) is 5.91 Å². The molecule has 28 heavy (non-hydrogen) atoms. The van der Waals surface area contributed by atoms with E-state index in [0.29, 0.717) is 19.7 Å². The van der Waals surface area contributed by atoms with Crippen LogP contribution in [-0.4, -0.2) is 76.3 Å². The average molecular weight is 387 g/mol. The lowest BCUT2D eigenvalue weighted by Crippen LogP contribution is -2.44. The van der Waals surface area contributed by atoms with Gasteiger partial charge in [-0.15, -0.1) is 0 Å². The number of rotatable bonds is 4. The van der Waals surface area contributed by atoms with Gasteiger partial charge in [-0.1, -0.05) is 13.8 Å². The van der Waals surface area contributed by atoms with E-state index in [4.69, 9.17) is 14.6 Å². The van der Waals surface area contributed by atoms with Crippen molar-refractivity contribution < 1.29 is 14.3 Å². The number of hydrogen-bond acceptors (Lipinski definition) is 6. The van der Waals surface area contributed by atoms with E-state index in [-0.39, 0.29) is 17.9 Å². The van der Waals surface area contributed by atoms with Crippen molar-refractivity contribution in [3.63, 3.8) is 0 Å².